The number of ether oxygens (including phenoxy) is 1. The molecular weight excluding hydrogens is 429 g/mol. The van der Waals surface area contributed by atoms with Crippen LogP contribution in [0.2, 0.25) is 0 Å². The number of imidazole rings is 1. The highest BCUT2D eigenvalue weighted by Crippen LogP contribution is 2.33. The van der Waals surface area contributed by atoms with Gasteiger partial charge in [-0.05, 0) is 36.8 Å². The predicted molar refractivity (Wildman–Crippen MR) is 114 cm³/mol. The zero-order valence-electron chi connectivity index (χ0n) is 16.8. The van der Waals surface area contributed by atoms with E-state index in [1.807, 2.05) is 24.6 Å². The van der Waals surface area contributed by atoms with Crippen LogP contribution in [0.15, 0.2) is 36.4 Å². The number of fused-ring (bicyclic) bond motifs is 2. The van der Waals surface area contributed by atoms with Crippen LogP contribution in [0.5, 0.6) is 5.75 Å². The summed E-state index contributed by atoms with van der Waals surface area (Å²) in [6, 6.07) is 9.43. The van der Waals surface area contributed by atoms with Crippen LogP contribution < -0.4 is 10.1 Å². The molecule has 4 aromatic rings. The summed E-state index contributed by atoms with van der Waals surface area (Å²) in [7, 11) is 1.83. The van der Waals surface area contributed by atoms with E-state index >= 15 is 0 Å². The van der Waals surface area contributed by atoms with Crippen LogP contribution in [0.3, 0.4) is 0 Å². The molecule has 0 bridgehead atoms. The lowest BCUT2D eigenvalue weighted by molar-refractivity contribution is -0.274. The van der Waals surface area contributed by atoms with Gasteiger partial charge in [-0.25, -0.2) is 9.97 Å². The van der Waals surface area contributed by atoms with Crippen molar-refractivity contribution >= 4 is 49.4 Å². The molecule has 0 fully saturated rings. The Morgan fingerprint density at radius 1 is 1.16 bits per heavy atom. The summed E-state index contributed by atoms with van der Waals surface area (Å²) in [4.78, 5) is 21.3. The van der Waals surface area contributed by atoms with Crippen molar-refractivity contribution in [2.75, 3.05) is 5.32 Å². The van der Waals surface area contributed by atoms with Crippen molar-refractivity contribution in [1.29, 1.82) is 0 Å². The smallest absolute Gasteiger partial charge is 0.406 e. The summed E-state index contributed by atoms with van der Waals surface area (Å²) in [6.45, 7) is 2.04. The monoisotopic (exact) mass is 448 g/mol. The second-order valence-electron chi connectivity index (χ2n) is 7.05. The van der Waals surface area contributed by atoms with Crippen molar-refractivity contribution in [3.63, 3.8) is 0 Å². The Bertz CT molecular complexity index is 1260. The number of carbonyl (C=O) groups is 1. The highest BCUT2D eigenvalue weighted by Gasteiger charge is 2.31. The maximum Gasteiger partial charge on any atom is 0.573 e. The van der Waals surface area contributed by atoms with Crippen molar-refractivity contribution in [2.24, 2.45) is 7.05 Å². The van der Waals surface area contributed by atoms with Crippen LogP contribution >= 0.6 is 11.3 Å². The van der Waals surface area contributed by atoms with E-state index in [-0.39, 0.29) is 11.5 Å². The number of aromatic nitrogens is 3. The van der Waals surface area contributed by atoms with Crippen LogP contribution in [-0.4, -0.2) is 26.7 Å². The number of ketones is 1. The Kier molecular flexibility index (Phi) is 5.57. The van der Waals surface area contributed by atoms with Crippen molar-refractivity contribution in [1.82, 2.24) is 14.5 Å². The number of unbranched alkanes of at least 4 members (excludes halogenated alkanes) is 1. The van der Waals surface area contributed by atoms with E-state index in [9.17, 15) is 18.0 Å². The molecule has 31 heavy (non-hydrogen) atoms. The Balaban J connectivity index is 1.59. The normalized spacial score (nSPS) is 11.9. The molecular formula is C21H19F3N4O2S. The number of carbonyl (C=O) groups excluding carboxylic acids is 1. The second-order valence-corrected chi connectivity index (χ2v) is 8.08. The number of nitrogens with one attached hydrogen (secondary N) is 1. The predicted octanol–water partition coefficient (Wildman–Crippen LogP) is 6.20. The molecule has 0 aliphatic carbocycles. The SMILES string of the molecule is CCCCC(=O)c1ccc2c(c1)nc(Nc1nc3ccc(OC(F)(F)F)cc3s1)n2C. The highest BCUT2D eigenvalue weighted by molar-refractivity contribution is 7.22. The first-order valence-electron chi connectivity index (χ1n) is 9.66. The Labute approximate surface area is 179 Å². The average Bonchev–Trinajstić information content (AvgIpc) is 3.24. The van der Waals surface area contributed by atoms with Crippen molar-refractivity contribution in [2.45, 2.75) is 32.5 Å². The molecule has 2 aromatic carbocycles. The third kappa shape index (κ3) is 4.63. The Morgan fingerprint density at radius 2 is 1.97 bits per heavy atom. The third-order valence-corrected chi connectivity index (χ3v) is 5.71. The molecule has 2 aromatic heterocycles. The number of rotatable bonds is 7. The van der Waals surface area contributed by atoms with Gasteiger partial charge in [-0.2, -0.15) is 0 Å². The fourth-order valence-corrected chi connectivity index (χ4v) is 4.11. The molecule has 0 unspecified atom stereocenters. The first kappa shape index (κ1) is 21.1. The number of thiazole rings is 1. The zero-order chi connectivity index (χ0) is 22.2. The van der Waals surface area contributed by atoms with Gasteiger partial charge in [0.25, 0.3) is 0 Å². The first-order chi connectivity index (χ1) is 14.7. The van der Waals surface area contributed by atoms with Crippen LogP contribution in [0.25, 0.3) is 21.3 Å². The molecule has 0 saturated heterocycles. The Morgan fingerprint density at radius 3 is 2.71 bits per heavy atom. The molecule has 162 valence electrons. The molecule has 1 N–H and O–H groups in total. The fraction of sp³-hybridized carbons (Fsp3) is 0.286. The number of hydrogen-bond donors (Lipinski definition) is 1. The van der Waals surface area contributed by atoms with Crippen molar-refractivity contribution in [3.8, 4) is 5.75 Å². The molecule has 6 nitrogen and oxygen atoms in total. The molecule has 0 aliphatic rings. The minimum Gasteiger partial charge on any atom is -0.406 e. The van der Waals surface area contributed by atoms with Gasteiger partial charge in [-0.3, -0.25) is 4.79 Å². The summed E-state index contributed by atoms with van der Waals surface area (Å²) in [5.41, 5.74) is 2.69. The van der Waals surface area contributed by atoms with Gasteiger partial charge in [0.2, 0.25) is 5.95 Å². The van der Waals surface area contributed by atoms with Gasteiger partial charge >= 0.3 is 6.36 Å². The van der Waals surface area contributed by atoms with Gasteiger partial charge in [0, 0.05) is 25.1 Å². The van der Waals surface area contributed by atoms with Crippen LogP contribution in [0, 0.1) is 0 Å². The van der Waals surface area contributed by atoms with E-state index in [2.05, 4.69) is 20.0 Å². The number of hydrogen-bond acceptors (Lipinski definition) is 6. The van der Waals surface area contributed by atoms with Crippen LogP contribution in [-0.2, 0) is 7.05 Å². The Hall–Kier alpha value is -3.14. The summed E-state index contributed by atoms with van der Waals surface area (Å²) in [5.74, 6) is 0.309. The van der Waals surface area contributed by atoms with E-state index in [0.29, 0.717) is 38.8 Å². The molecule has 0 atom stereocenters. The lowest BCUT2D eigenvalue weighted by atomic mass is 10.1. The summed E-state index contributed by atoms with van der Waals surface area (Å²) in [5, 5.41) is 3.60. The van der Waals surface area contributed by atoms with Gasteiger partial charge in [-0.1, -0.05) is 24.7 Å². The number of nitrogens with zero attached hydrogens (tertiary/aromatic N) is 3. The number of anilines is 2. The maximum absolute atomic E-state index is 12.4. The minimum absolute atomic E-state index is 0.0898. The molecule has 10 heteroatoms. The number of halogens is 3. The van der Waals surface area contributed by atoms with Gasteiger partial charge in [0.15, 0.2) is 10.9 Å². The first-order valence-corrected chi connectivity index (χ1v) is 10.5. The molecule has 0 amide bonds. The van der Waals surface area contributed by atoms with E-state index in [4.69, 9.17) is 0 Å². The zero-order valence-corrected chi connectivity index (χ0v) is 17.6. The molecule has 0 aliphatic heterocycles. The molecule has 4 rings (SSSR count). The van der Waals surface area contributed by atoms with E-state index in [1.165, 1.54) is 29.5 Å². The number of alkyl halides is 3. The van der Waals surface area contributed by atoms with Gasteiger partial charge in [0.1, 0.15) is 5.75 Å². The molecule has 0 spiro atoms. The fourth-order valence-electron chi connectivity index (χ4n) is 3.22. The highest BCUT2D eigenvalue weighted by atomic mass is 32.1. The van der Waals surface area contributed by atoms with Gasteiger partial charge in [0.05, 0.1) is 21.3 Å². The third-order valence-electron chi connectivity index (χ3n) is 4.77. The van der Waals surface area contributed by atoms with Gasteiger partial charge < -0.3 is 14.6 Å². The van der Waals surface area contributed by atoms with Crippen LogP contribution in [0.1, 0.15) is 36.5 Å². The van der Waals surface area contributed by atoms with E-state index in [0.717, 1.165) is 18.4 Å². The standard InChI is InChI=1S/C21H19F3N4O2S/c1-3-4-5-17(29)12-6-9-16-15(10-12)25-19(28(16)2)27-20-26-14-8-7-13(11-18(14)31-20)30-21(22,23)24/h6-11H,3-5H2,1-2H3,(H,25,26,27). The summed E-state index contributed by atoms with van der Waals surface area (Å²) in [6.07, 6.45) is -2.44. The van der Waals surface area contributed by atoms with Crippen LogP contribution in [0.4, 0.5) is 24.3 Å². The quantitative estimate of drug-likeness (QED) is 0.341. The maximum atomic E-state index is 12.4. The number of Topliss-reactive ketones (excluding diaryl/α,β-unsaturated/α-hetero) is 1. The van der Waals surface area contributed by atoms with Crippen molar-refractivity contribution < 1.29 is 22.7 Å². The summed E-state index contributed by atoms with van der Waals surface area (Å²) >= 11 is 1.19. The van der Waals surface area contributed by atoms with E-state index in [1.54, 1.807) is 12.1 Å². The molecule has 0 radical (unpaired) electrons. The number of benzene rings is 2. The number of aryl methyl sites for hydroxylation is 1. The minimum atomic E-state index is -4.75. The molecule has 2 heterocycles. The van der Waals surface area contributed by atoms with E-state index < -0.39 is 6.36 Å². The topological polar surface area (TPSA) is 69.0 Å². The lowest BCUT2D eigenvalue weighted by Gasteiger charge is -2.07. The largest absolute Gasteiger partial charge is 0.573 e. The van der Waals surface area contributed by atoms with Gasteiger partial charge in [-0.15, -0.1) is 13.2 Å². The second kappa shape index (κ2) is 8.18. The molecule has 0 saturated carbocycles. The summed E-state index contributed by atoms with van der Waals surface area (Å²) < 4.78 is 43.7. The average molecular weight is 448 g/mol. The van der Waals surface area contributed by atoms with Crippen molar-refractivity contribution in [3.05, 3.63) is 42.0 Å². The lowest BCUT2D eigenvalue weighted by Crippen LogP contribution is -2.16.